The van der Waals surface area contributed by atoms with Gasteiger partial charge < -0.3 is 4.74 Å². The third-order valence-electron chi connectivity index (χ3n) is 6.87. The van der Waals surface area contributed by atoms with Crippen LogP contribution in [-0.4, -0.2) is 26.1 Å². The van der Waals surface area contributed by atoms with Gasteiger partial charge in [-0.3, -0.25) is 19.3 Å². The highest BCUT2D eigenvalue weighted by atomic mass is 19.3. The van der Waals surface area contributed by atoms with Crippen molar-refractivity contribution in [2.45, 2.75) is 58.1 Å². The van der Waals surface area contributed by atoms with Crippen molar-refractivity contribution in [2.75, 3.05) is 0 Å². The summed E-state index contributed by atoms with van der Waals surface area (Å²) in [6, 6.07) is 9.72. The second kappa shape index (κ2) is 9.72. The Balaban J connectivity index is 1.57. The number of aryl methyl sites for hydroxylation is 2. The standard InChI is InChI=1S/C27H25F3N4O2/c1-15-5-3-6-20(28)24(15)18-9-8-17(11-18)19-12-21-25(33-16(2)13-32-21)34(26(19)35)14-22-23(36-27(29)30)7-4-10-31-22/h3-7,10,12-13,17-18,27H,8-9,11,14H2,1-2H3/t17-,18+/m1/s1. The molecule has 36 heavy (non-hydrogen) atoms. The van der Waals surface area contributed by atoms with E-state index in [4.69, 9.17) is 0 Å². The van der Waals surface area contributed by atoms with E-state index in [0.717, 1.165) is 18.4 Å². The van der Waals surface area contributed by atoms with Gasteiger partial charge in [-0.15, -0.1) is 0 Å². The van der Waals surface area contributed by atoms with E-state index in [1.807, 2.05) is 13.0 Å². The molecule has 2 atom stereocenters. The topological polar surface area (TPSA) is 69.9 Å². The largest absolute Gasteiger partial charge is 0.433 e. The maximum Gasteiger partial charge on any atom is 0.387 e. The van der Waals surface area contributed by atoms with Gasteiger partial charge in [-0.25, -0.2) is 9.37 Å². The molecule has 0 unspecified atom stereocenters. The number of nitrogens with zero attached hydrogens (tertiary/aromatic N) is 4. The Morgan fingerprint density at radius 3 is 2.69 bits per heavy atom. The van der Waals surface area contributed by atoms with Gasteiger partial charge in [0.25, 0.3) is 5.56 Å². The minimum atomic E-state index is -3.02. The Kier molecular flexibility index (Phi) is 6.47. The molecule has 0 aliphatic heterocycles. The molecule has 186 valence electrons. The van der Waals surface area contributed by atoms with Crippen LogP contribution in [0.2, 0.25) is 0 Å². The summed E-state index contributed by atoms with van der Waals surface area (Å²) in [6.07, 6.45) is 5.19. The Morgan fingerprint density at radius 2 is 1.92 bits per heavy atom. The van der Waals surface area contributed by atoms with Crippen LogP contribution in [0.15, 0.2) is 53.6 Å². The molecular weight excluding hydrogens is 469 g/mol. The van der Waals surface area contributed by atoms with Gasteiger partial charge in [0.2, 0.25) is 0 Å². The van der Waals surface area contributed by atoms with Crippen molar-refractivity contribution in [1.82, 2.24) is 19.5 Å². The van der Waals surface area contributed by atoms with E-state index in [1.165, 1.54) is 29.0 Å². The van der Waals surface area contributed by atoms with Crippen LogP contribution in [0.1, 0.15) is 59.2 Å². The van der Waals surface area contributed by atoms with Gasteiger partial charge >= 0.3 is 6.61 Å². The number of alkyl halides is 2. The first-order valence-electron chi connectivity index (χ1n) is 11.8. The normalized spacial score (nSPS) is 17.7. The Labute approximate surface area is 205 Å². The molecular formula is C27H25F3N4O2. The van der Waals surface area contributed by atoms with Gasteiger partial charge in [-0.1, -0.05) is 12.1 Å². The zero-order valence-electron chi connectivity index (χ0n) is 19.9. The van der Waals surface area contributed by atoms with Crippen molar-refractivity contribution >= 4 is 11.2 Å². The lowest BCUT2D eigenvalue weighted by Gasteiger charge is -2.18. The molecule has 3 aromatic heterocycles. The minimum Gasteiger partial charge on any atom is -0.433 e. The molecule has 0 bridgehead atoms. The fourth-order valence-electron chi connectivity index (χ4n) is 5.26. The van der Waals surface area contributed by atoms with Gasteiger partial charge in [0.05, 0.1) is 12.2 Å². The molecule has 1 aliphatic carbocycles. The van der Waals surface area contributed by atoms with Gasteiger partial charge in [0, 0.05) is 18.0 Å². The molecule has 0 spiro atoms. The number of rotatable bonds is 6. The summed E-state index contributed by atoms with van der Waals surface area (Å²) in [5, 5.41) is 0. The first-order valence-corrected chi connectivity index (χ1v) is 11.8. The van der Waals surface area contributed by atoms with Crippen LogP contribution in [0, 0.1) is 19.7 Å². The van der Waals surface area contributed by atoms with Gasteiger partial charge in [0.15, 0.2) is 5.65 Å². The van der Waals surface area contributed by atoms with Crippen LogP contribution >= 0.6 is 0 Å². The number of pyridine rings is 2. The lowest BCUT2D eigenvalue weighted by molar-refractivity contribution is -0.0507. The number of hydrogen-bond donors (Lipinski definition) is 0. The van der Waals surface area contributed by atoms with Crippen LogP contribution < -0.4 is 10.3 Å². The van der Waals surface area contributed by atoms with E-state index >= 15 is 0 Å². The molecule has 0 N–H and O–H groups in total. The highest BCUT2D eigenvalue weighted by Crippen LogP contribution is 2.44. The van der Waals surface area contributed by atoms with Gasteiger partial charge in [-0.05, 0) is 80.3 Å². The first kappa shape index (κ1) is 24.0. The fourth-order valence-corrected chi connectivity index (χ4v) is 5.26. The smallest absolute Gasteiger partial charge is 0.387 e. The molecule has 0 radical (unpaired) electrons. The van der Waals surface area contributed by atoms with E-state index in [0.29, 0.717) is 34.4 Å². The summed E-state index contributed by atoms with van der Waals surface area (Å²) in [5.74, 6) is -0.416. The van der Waals surface area contributed by atoms with Crippen LogP contribution in [0.5, 0.6) is 5.75 Å². The monoisotopic (exact) mass is 494 g/mol. The Morgan fingerprint density at radius 1 is 1.11 bits per heavy atom. The number of aromatic nitrogens is 4. The van der Waals surface area contributed by atoms with Crippen molar-refractivity contribution in [1.29, 1.82) is 0 Å². The maximum atomic E-state index is 14.6. The van der Waals surface area contributed by atoms with Crippen molar-refractivity contribution in [3.05, 3.63) is 93.0 Å². The van der Waals surface area contributed by atoms with Crippen LogP contribution in [0.25, 0.3) is 11.2 Å². The number of fused-ring (bicyclic) bond motifs is 1. The molecule has 1 aromatic carbocycles. The summed E-state index contributed by atoms with van der Waals surface area (Å²) in [4.78, 5) is 27.0. The zero-order chi connectivity index (χ0) is 25.4. The SMILES string of the molecule is Cc1cnc2cc([C@@H]3CC[C@H](c4c(C)cccc4F)C3)c(=O)n(Cc3ncccc3OC(F)F)c2n1. The molecule has 0 amide bonds. The third kappa shape index (κ3) is 4.57. The molecule has 9 heteroatoms. The molecule has 6 nitrogen and oxygen atoms in total. The second-order valence-electron chi connectivity index (χ2n) is 9.22. The molecule has 5 rings (SSSR count). The van der Waals surface area contributed by atoms with E-state index in [1.54, 1.807) is 25.3 Å². The van der Waals surface area contributed by atoms with E-state index < -0.39 is 6.61 Å². The number of ether oxygens (including phenoxy) is 1. The molecule has 1 fully saturated rings. The molecule has 1 saturated carbocycles. The predicted molar refractivity (Wildman–Crippen MR) is 129 cm³/mol. The van der Waals surface area contributed by atoms with E-state index in [2.05, 4.69) is 19.7 Å². The van der Waals surface area contributed by atoms with Gasteiger partial charge in [0.1, 0.15) is 22.8 Å². The predicted octanol–water partition coefficient (Wildman–Crippen LogP) is 5.64. The average molecular weight is 495 g/mol. The quantitative estimate of drug-likeness (QED) is 0.347. The highest BCUT2D eigenvalue weighted by Gasteiger charge is 2.32. The molecule has 1 aliphatic rings. The van der Waals surface area contributed by atoms with Crippen LogP contribution in [0.4, 0.5) is 13.2 Å². The second-order valence-corrected chi connectivity index (χ2v) is 9.22. The van der Waals surface area contributed by atoms with Crippen molar-refractivity contribution in [2.24, 2.45) is 0 Å². The van der Waals surface area contributed by atoms with E-state index in [9.17, 15) is 18.0 Å². The van der Waals surface area contributed by atoms with Crippen molar-refractivity contribution < 1.29 is 17.9 Å². The lowest BCUT2D eigenvalue weighted by Crippen LogP contribution is -2.27. The van der Waals surface area contributed by atoms with Crippen LogP contribution in [0.3, 0.4) is 0 Å². The van der Waals surface area contributed by atoms with Gasteiger partial charge in [-0.2, -0.15) is 8.78 Å². The van der Waals surface area contributed by atoms with Crippen LogP contribution in [-0.2, 0) is 6.54 Å². The third-order valence-corrected chi connectivity index (χ3v) is 6.87. The fraction of sp³-hybridized carbons (Fsp3) is 0.333. The summed E-state index contributed by atoms with van der Waals surface area (Å²) >= 11 is 0. The zero-order valence-corrected chi connectivity index (χ0v) is 19.9. The maximum absolute atomic E-state index is 14.6. The molecule has 3 heterocycles. The lowest BCUT2D eigenvalue weighted by atomic mass is 9.90. The summed E-state index contributed by atoms with van der Waals surface area (Å²) in [5.41, 5.74) is 3.55. The van der Waals surface area contributed by atoms with Crippen molar-refractivity contribution in [3.8, 4) is 5.75 Å². The average Bonchev–Trinajstić information content (AvgIpc) is 3.31. The minimum absolute atomic E-state index is 0.00526. The summed E-state index contributed by atoms with van der Waals surface area (Å²) < 4.78 is 46.6. The Hall–Kier alpha value is -3.75. The Bertz CT molecular complexity index is 1470. The number of hydrogen-bond acceptors (Lipinski definition) is 5. The first-order chi connectivity index (χ1) is 17.3. The summed E-state index contributed by atoms with van der Waals surface area (Å²) in [6.45, 7) is 0.539. The molecule has 0 saturated heterocycles. The van der Waals surface area contributed by atoms with Crippen molar-refractivity contribution in [3.63, 3.8) is 0 Å². The number of benzene rings is 1. The highest BCUT2D eigenvalue weighted by molar-refractivity contribution is 5.71. The summed E-state index contributed by atoms with van der Waals surface area (Å²) in [7, 11) is 0. The molecule has 4 aromatic rings. The van der Waals surface area contributed by atoms with E-state index in [-0.39, 0.29) is 41.2 Å². The number of halogens is 3.